The summed E-state index contributed by atoms with van der Waals surface area (Å²) in [4.78, 5) is 7.85. The third-order valence-electron chi connectivity index (χ3n) is 1.17. The molecule has 0 aromatic heterocycles. The summed E-state index contributed by atoms with van der Waals surface area (Å²) >= 11 is 0. The van der Waals surface area contributed by atoms with Gasteiger partial charge in [0.2, 0.25) is 0 Å². The predicted molar refractivity (Wildman–Crippen MR) is 51.6 cm³/mol. The number of aliphatic imine (C=N–C) groups is 2. The van der Waals surface area contributed by atoms with Crippen LogP contribution in [-0.2, 0) is 4.74 Å². The quantitative estimate of drug-likeness (QED) is 0.494. The highest BCUT2D eigenvalue weighted by atomic mass is 16.5. The second kappa shape index (κ2) is 6.54. The fourth-order valence-corrected chi connectivity index (χ4v) is 0.727. The van der Waals surface area contributed by atoms with Crippen LogP contribution in [0, 0.1) is 0 Å². The van der Waals surface area contributed by atoms with Gasteiger partial charge in [0.05, 0.1) is 12.6 Å². The molecular formula is C8H15N3O. The molecule has 0 spiro atoms. The van der Waals surface area contributed by atoms with E-state index < -0.39 is 0 Å². The summed E-state index contributed by atoms with van der Waals surface area (Å²) in [5, 5.41) is 0. The van der Waals surface area contributed by atoms with Crippen LogP contribution >= 0.6 is 0 Å². The van der Waals surface area contributed by atoms with Gasteiger partial charge in [0.1, 0.15) is 5.84 Å². The summed E-state index contributed by atoms with van der Waals surface area (Å²) in [7, 11) is 1.63. The average molecular weight is 169 g/mol. The van der Waals surface area contributed by atoms with Crippen molar-refractivity contribution in [3.63, 3.8) is 0 Å². The van der Waals surface area contributed by atoms with E-state index in [0.717, 1.165) is 0 Å². The predicted octanol–water partition coefficient (Wildman–Crippen LogP) is 0.593. The maximum absolute atomic E-state index is 5.17. The molecule has 0 aliphatic heterocycles. The molecule has 0 unspecified atom stereocenters. The first-order chi connectivity index (χ1) is 5.74. The van der Waals surface area contributed by atoms with E-state index in [2.05, 4.69) is 16.7 Å². The molecule has 2 N–H and O–H groups in total. The van der Waals surface area contributed by atoms with Gasteiger partial charge in [0.25, 0.3) is 0 Å². The smallest absolute Gasteiger partial charge is 0.148 e. The number of hydrogen-bond acceptors (Lipinski definition) is 3. The normalized spacial score (nSPS) is 15.0. The van der Waals surface area contributed by atoms with Gasteiger partial charge in [0, 0.05) is 7.11 Å². The van der Waals surface area contributed by atoms with Crippen LogP contribution in [0.3, 0.4) is 0 Å². The molecular weight excluding hydrogens is 154 g/mol. The second-order valence-corrected chi connectivity index (χ2v) is 2.31. The van der Waals surface area contributed by atoms with Gasteiger partial charge in [-0.2, -0.15) is 0 Å². The summed E-state index contributed by atoms with van der Waals surface area (Å²) in [6, 6.07) is 0.0756. The molecule has 0 amide bonds. The van der Waals surface area contributed by atoms with Crippen molar-refractivity contribution in [1.82, 2.24) is 0 Å². The molecule has 0 aromatic rings. The zero-order chi connectivity index (χ0) is 9.40. The number of methoxy groups -OCH3 is 1. The van der Waals surface area contributed by atoms with Gasteiger partial charge in [-0.25, -0.2) is 4.99 Å². The Morgan fingerprint density at radius 2 is 2.42 bits per heavy atom. The highest BCUT2D eigenvalue weighted by Crippen LogP contribution is 1.93. The van der Waals surface area contributed by atoms with E-state index in [4.69, 9.17) is 10.5 Å². The molecule has 0 bridgehead atoms. The Kier molecular flexibility index (Phi) is 5.91. The fraction of sp³-hybridized carbons (Fsp3) is 0.500. The standard InChI is InChI=1S/C8H15N3O/c1-7(6-12-3)11-8(10-2)4-5-9/h4-5,7H,2,6,9H2,1,3H3/t7-/m1/s1. The first-order valence-corrected chi connectivity index (χ1v) is 3.66. The molecule has 0 saturated heterocycles. The van der Waals surface area contributed by atoms with Crippen LogP contribution < -0.4 is 5.73 Å². The second-order valence-electron chi connectivity index (χ2n) is 2.31. The summed E-state index contributed by atoms with van der Waals surface area (Å²) in [5.74, 6) is 0.530. The molecule has 0 aromatic carbocycles. The lowest BCUT2D eigenvalue weighted by atomic mass is 10.4. The minimum absolute atomic E-state index is 0.0756. The molecule has 0 fully saturated rings. The maximum Gasteiger partial charge on any atom is 0.148 e. The lowest BCUT2D eigenvalue weighted by Crippen LogP contribution is -2.09. The van der Waals surface area contributed by atoms with Crippen molar-refractivity contribution in [2.24, 2.45) is 15.7 Å². The van der Waals surface area contributed by atoms with Crippen LogP contribution in [0.4, 0.5) is 0 Å². The number of nitrogens with two attached hydrogens (primary N) is 1. The zero-order valence-corrected chi connectivity index (χ0v) is 7.53. The van der Waals surface area contributed by atoms with Crippen LogP contribution in [0.15, 0.2) is 22.3 Å². The van der Waals surface area contributed by atoms with E-state index in [0.29, 0.717) is 12.4 Å². The highest BCUT2D eigenvalue weighted by molar-refractivity contribution is 5.95. The van der Waals surface area contributed by atoms with Gasteiger partial charge >= 0.3 is 0 Å². The topological polar surface area (TPSA) is 60.0 Å². The Labute approximate surface area is 72.8 Å². The molecule has 0 rings (SSSR count). The van der Waals surface area contributed by atoms with Crippen molar-refractivity contribution in [3.8, 4) is 0 Å². The monoisotopic (exact) mass is 169 g/mol. The number of amidine groups is 1. The van der Waals surface area contributed by atoms with Crippen LogP contribution in [0.25, 0.3) is 0 Å². The van der Waals surface area contributed by atoms with Gasteiger partial charge in [0.15, 0.2) is 0 Å². The van der Waals surface area contributed by atoms with Crippen LogP contribution in [0.2, 0.25) is 0 Å². The Hall–Kier alpha value is -1.16. The number of hydrogen-bond donors (Lipinski definition) is 1. The summed E-state index contributed by atoms with van der Waals surface area (Å²) < 4.78 is 4.90. The molecule has 0 heterocycles. The Morgan fingerprint density at radius 1 is 1.75 bits per heavy atom. The van der Waals surface area contributed by atoms with Gasteiger partial charge in [-0.05, 0) is 25.9 Å². The third-order valence-corrected chi connectivity index (χ3v) is 1.17. The lowest BCUT2D eigenvalue weighted by Gasteiger charge is -2.03. The SMILES string of the molecule is C=NC(C=CN)=N[C@H](C)COC. The van der Waals surface area contributed by atoms with Crippen molar-refractivity contribution in [1.29, 1.82) is 0 Å². The molecule has 0 radical (unpaired) electrons. The van der Waals surface area contributed by atoms with E-state index in [1.54, 1.807) is 13.2 Å². The van der Waals surface area contributed by atoms with Gasteiger partial charge in [-0.1, -0.05) is 0 Å². The first kappa shape index (κ1) is 10.8. The van der Waals surface area contributed by atoms with E-state index in [1.165, 1.54) is 6.20 Å². The Morgan fingerprint density at radius 3 is 2.83 bits per heavy atom. The zero-order valence-electron chi connectivity index (χ0n) is 7.53. The molecule has 4 nitrogen and oxygen atoms in total. The summed E-state index contributed by atoms with van der Waals surface area (Å²) in [5.41, 5.74) is 5.17. The molecule has 68 valence electrons. The van der Waals surface area contributed by atoms with Crippen molar-refractivity contribution in [3.05, 3.63) is 12.3 Å². The summed E-state index contributed by atoms with van der Waals surface area (Å²) in [6.45, 7) is 5.86. The van der Waals surface area contributed by atoms with Crippen molar-refractivity contribution < 1.29 is 4.74 Å². The van der Waals surface area contributed by atoms with Gasteiger partial charge < -0.3 is 10.5 Å². The average Bonchev–Trinajstić information content (AvgIpc) is 2.04. The van der Waals surface area contributed by atoms with Crippen LogP contribution in [0.5, 0.6) is 0 Å². The Bertz CT molecular complexity index is 187. The summed E-state index contributed by atoms with van der Waals surface area (Å²) in [6.07, 6.45) is 2.98. The van der Waals surface area contributed by atoms with Crippen LogP contribution in [-0.4, -0.2) is 32.3 Å². The number of ether oxygens (including phenoxy) is 1. The molecule has 1 atom stereocenters. The molecule has 0 saturated carbocycles. The molecule has 12 heavy (non-hydrogen) atoms. The fourth-order valence-electron chi connectivity index (χ4n) is 0.727. The number of rotatable bonds is 4. The van der Waals surface area contributed by atoms with Gasteiger partial charge in [-0.15, -0.1) is 0 Å². The minimum atomic E-state index is 0.0756. The van der Waals surface area contributed by atoms with Crippen molar-refractivity contribution >= 4 is 12.6 Å². The Balaban J connectivity index is 4.16. The molecule has 0 aliphatic carbocycles. The van der Waals surface area contributed by atoms with E-state index >= 15 is 0 Å². The third kappa shape index (κ3) is 4.62. The lowest BCUT2D eigenvalue weighted by molar-refractivity contribution is 0.186. The van der Waals surface area contributed by atoms with E-state index in [1.807, 2.05) is 6.92 Å². The van der Waals surface area contributed by atoms with E-state index in [9.17, 15) is 0 Å². The number of nitrogens with zero attached hydrogens (tertiary/aromatic N) is 2. The van der Waals surface area contributed by atoms with Crippen LogP contribution in [0.1, 0.15) is 6.92 Å². The largest absolute Gasteiger partial charge is 0.404 e. The molecule has 4 heteroatoms. The highest BCUT2D eigenvalue weighted by Gasteiger charge is 1.97. The van der Waals surface area contributed by atoms with Gasteiger partial charge in [-0.3, -0.25) is 4.99 Å². The maximum atomic E-state index is 5.17. The first-order valence-electron chi connectivity index (χ1n) is 3.66. The molecule has 0 aliphatic rings. The minimum Gasteiger partial charge on any atom is -0.404 e. The van der Waals surface area contributed by atoms with Crippen molar-refractivity contribution in [2.75, 3.05) is 13.7 Å². The van der Waals surface area contributed by atoms with E-state index in [-0.39, 0.29) is 6.04 Å². The van der Waals surface area contributed by atoms with Crippen molar-refractivity contribution in [2.45, 2.75) is 13.0 Å².